The summed E-state index contributed by atoms with van der Waals surface area (Å²) >= 11 is 0. The van der Waals surface area contributed by atoms with E-state index >= 15 is 0 Å². The molecule has 0 heterocycles. The quantitative estimate of drug-likeness (QED) is 0.852. The van der Waals surface area contributed by atoms with Crippen molar-refractivity contribution in [3.63, 3.8) is 0 Å². The van der Waals surface area contributed by atoms with E-state index in [4.69, 9.17) is 14.7 Å². The molecule has 1 N–H and O–H groups in total. The van der Waals surface area contributed by atoms with Gasteiger partial charge in [-0.2, -0.15) is 5.26 Å². The Bertz CT molecular complexity index is 442. The molecule has 2 atom stereocenters. The van der Waals surface area contributed by atoms with Crippen LogP contribution in [0.5, 0.6) is 5.75 Å². The number of nitrogens with zero attached hydrogens (tertiary/aromatic N) is 1. The molecule has 1 aliphatic carbocycles. The number of benzene rings is 1. The minimum atomic E-state index is 0.0923. The number of ether oxygens (including phenoxy) is 2. The monoisotopic (exact) mass is 260 g/mol. The van der Waals surface area contributed by atoms with Gasteiger partial charge in [-0.1, -0.05) is 12.1 Å². The van der Waals surface area contributed by atoms with Gasteiger partial charge in [-0.3, -0.25) is 0 Å². The Labute approximate surface area is 114 Å². The lowest BCUT2D eigenvalue weighted by Crippen LogP contribution is -2.26. The molecule has 2 unspecified atom stereocenters. The Kier molecular flexibility index (Phi) is 5.20. The lowest BCUT2D eigenvalue weighted by Gasteiger charge is -2.13. The Morgan fingerprint density at radius 1 is 1.42 bits per heavy atom. The van der Waals surface area contributed by atoms with Crippen LogP contribution in [0.25, 0.3) is 0 Å². The van der Waals surface area contributed by atoms with Crippen LogP contribution >= 0.6 is 0 Å². The lowest BCUT2D eigenvalue weighted by atomic mass is 10.2. The average molecular weight is 260 g/mol. The summed E-state index contributed by atoms with van der Waals surface area (Å²) in [5.41, 5.74) is 1.18. The molecule has 102 valence electrons. The van der Waals surface area contributed by atoms with E-state index in [9.17, 15) is 0 Å². The molecule has 2 rings (SSSR count). The van der Waals surface area contributed by atoms with E-state index in [1.807, 2.05) is 24.3 Å². The second-order valence-corrected chi connectivity index (χ2v) is 4.84. The minimum Gasteiger partial charge on any atom is -0.479 e. The molecule has 4 nitrogen and oxygen atoms in total. The zero-order chi connectivity index (χ0) is 13.5. The Morgan fingerprint density at radius 2 is 2.32 bits per heavy atom. The van der Waals surface area contributed by atoms with Crippen molar-refractivity contribution in [1.82, 2.24) is 5.32 Å². The fourth-order valence-electron chi connectivity index (χ4n) is 2.46. The van der Waals surface area contributed by atoms with Gasteiger partial charge in [0.1, 0.15) is 11.8 Å². The number of methoxy groups -OCH3 is 1. The first kappa shape index (κ1) is 13.9. The van der Waals surface area contributed by atoms with Crippen LogP contribution in [0.15, 0.2) is 24.3 Å². The Hall–Kier alpha value is -1.57. The maximum Gasteiger partial charge on any atom is 0.174 e. The summed E-state index contributed by atoms with van der Waals surface area (Å²) in [6.45, 7) is 0.917. The van der Waals surface area contributed by atoms with Crippen LogP contribution in [0.3, 0.4) is 0 Å². The molecular formula is C15H20N2O2. The summed E-state index contributed by atoms with van der Waals surface area (Å²) in [6.07, 6.45) is 3.80. The van der Waals surface area contributed by atoms with Crippen molar-refractivity contribution in [2.45, 2.75) is 38.0 Å². The zero-order valence-electron chi connectivity index (χ0n) is 11.3. The molecular weight excluding hydrogens is 240 g/mol. The highest BCUT2D eigenvalue weighted by molar-refractivity contribution is 5.28. The number of nitriles is 1. The molecule has 0 aliphatic heterocycles. The van der Waals surface area contributed by atoms with Crippen molar-refractivity contribution >= 4 is 0 Å². The molecule has 1 saturated carbocycles. The van der Waals surface area contributed by atoms with Gasteiger partial charge in [0.2, 0.25) is 0 Å². The number of hydrogen-bond acceptors (Lipinski definition) is 4. The van der Waals surface area contributed by atoms with E-state index < -0.39 is 0 Å². The van der Waals surface area contributed by atoms with Gasteiger partial charge in [0.15, 0.2) is 6.61 Å². The maximum absolute atomic E-state index is 8.49. The normalized spacial score (nSPS) is 22.1. The molecule has 1 fully saturated rings. The summed E-state index contributed by atoms with van der Waals surface area (Å²) < 4.78 is 10.7. The van der Waals surface area contributed by atoms with Crippen molar-refractivity contribution in [1.29, 1.82) is 5.26 Å². The number of hydrogen-bond donors (Lipinski definition) is 1. The van der Waals surface area contributed by atoms with Gasteiger partial charge >= 0.3 is 0 Å². The van der Waals surface area contributed by atoms with Gasteiger partial charge in [0.05, 0.1) is 6.10 Å². The van der Waals surface area contributed by atoms with Crippen LogP contribution in [0.4, 0.5) is 0 Å². The second kappa shape index (κ2) is 7.13. The van der Waals surface area contributed by atoms with E-state index in [1.54, 1.807) is 7.11 Å². The van der Waals surface area contributed by atoms with Crippen molar-refractivity contribution in [3.8, 4) is 11.8 Å². The van der Waals surface area contributed by atoms with Gasteiger partial charge in [-0.25, -0.2) is 0 Å². The standard InChI is InChI=1S/C15H20N2O2/c1-18-14-6-5-13(10-14)17-11-12-3-2-4-15(9-12)19-8-7-16/h2-4,9,13-14,17H,5-6,8,10-11H2,1H3. The minimum absolute atomic E-state index is 0.0923. The van der Waals surface area contributed by atoms with Gasteiger partial charge in [-0.15, -0.1) is 0 Å². The topological polar surface area (TPSA) is 54.3 Å². The van der Waals surface area contributed by atoms with E-state index in [0.29, 0.717) is 12.1 Å². The van der Waals surface area contributed by atoms with Crippen molar-refractivity contribution < 1.29 is 9.47 Å². The fraction of sp³-hybridized carbons (Fsp3) is 0.533. The number of rotatable bonds is 6. The first-order chi connectivity index (χ1) is 9.31. The van der Waals surface area contributed by atoms with Crippen LogP contribution in [0.1, 0.15) is 24.8 Å². The summed E-state index contributed by atoms with van der Waals surface area (Å²) in [7, 11) is 1.78. The molecule has 0 radical (unpaired) electrons. The first-order valence-corrected chi connectivity index (χ1v) is 6.66. The fourth-order valence-corrected chi connectivity index (χ4v) is 2.46. The van der Waals surface area contributed by atoms with Crippen molar-refractivity contribution in [2.24, 2.45) is 0 Å². The Morgan fingerprint density at radius 3 is 3.05 bits per heavy atom. The van der Waals surface area contributed by atoms with Gasteiger partial charge < -0.3 is 14.8 Å². The van der Waals surface area contributed by atoms with Crippen molar-refractivity contribution in [3.05, 3.63) is 29.8 Å². The molecule has 0 spiro atoms. The SMILES string of the molecule is COC1CCC(NCc2cccc(OCC#N)c2)C1. The van der Waals surface area contributed by atoms with Crippen LogP contribution in [-0.4, -0.2) is 25.9 Å². The third kappa shape index (κ3) is 4.23. The van der Waals surface area contributed by atoms with Crippen LogP contribution < -0.4 is 10.1 Å². The molecule has 19 heavy (non-hydrogen) atoms. The van der Waals surface area contributed by atoms with Gasteiger partial charge in [0, 0.05) is 19.7 Å². The maximum atomic E-state index is 8.49. The highest BCUT2D eigenvalue weighted by atomic mass is 16.5. The smallest absolute Gasteiger partial charge is 0.174 e. The van der Waals surface area contributed by atoms with E-state index in [-0.39, 0.29) is 6.61 Å². The second-order valence-electron chi connectivity index (χ2n) is 4.84. The van der Waals surface area contributed by atoms with E-state index in [1.165, 1.54) is 12.0 Å². The molecule has 0 bridgehead atoms. The molecule has 1 aromatic rings. The first-order valence-electron chi connectivity index (χ1n) is 6.66. The van der Waals surface area contributed by atoms with Gasteiger partial charge in [-0.05, 0) is 37.0 Å². The Balaban J connectivity index is 1.81. The predicted octanol–water partition coefficient (Wildman–Crippen LogP) is 2.25. The number of nitrogens with one attached hydrogen (secondary N) is 1. The highest BCUT2D eigenvalue weighted by Crippen LogP contribution is 2.22. The molecule has 1 aliphatic rings. The van der Waals surface area contributed by atoms with E-state index in [0.717, 1.165) is 25.1 Å². The van der Waals surface area contributed by atoms with Crippen LogP contribution in [-0.2, 0) is 11.3 Å². The summed E-state index contributed by atoms with van der Waals surface area (Å²) in [5, 5.41) is 12.0. The third-order valence-electron chi connectivity index (χ3n) is 3.51. The molecule has 0 amide bonds. The highest BCUT2D eigenvalue weighted by Gasteiger charge is 2.23. The summed E-state index contributed by atoms with van der Waals surface area (Å²) in [5.74, 6) is 0.752. The average Bonchev–Trinajstić information content (AvgIpc) is 2.91. The molecule has 1 aromatic carbocycles. The van der Waals surface area contributed by atoms with Crippen molar-refractivity contribution in [2.75, 3.05) is 13.7 Å². The van der Waals surface area contributed by atoms with Gasteiger partial charge in [0.25, 0.3) is 0 Å². The molecule has 4 heteroatoms. The lowest BCUT2D eigenvalue weighted by molar-refractivity contribution is 0.107. The summed E-state index contributed by atoms with van der Waals surface area (Å²) in [6, 6.07) is 10.4. The molecule has 0 aromatic heterocycles. The van der Waals surface area contributed by atoms with Crippen LogP contribution in [0.2, 0.25) is 0 Å². The van der Waals surface area contributed by atoms with E-state index in [2.05, 4.69) is 11.4 Å². The summed E-state index contributed by atoms with van der Waals surface area (Å²) in [4.78, 5) is 0. The van der Waals surface area contributed by atoms with Crippen LogP contribution in [0, 0.1) is 11.3 Å². The zero-order valence-corrected chi connectivity index (χ0v) is 11.3. The largest absolute Gasteiger partial charge is 0.479 e. The predicted molar refractivity (Wildman–Crippen MR) is 72.8 cm³/mol. The third-order valence-corrected chi connectivity index (χ3v) is 3.51. The molecule has 0 saturated heterocycles.